The Morgan fingerprint density at radius 1 is 1.50 bits per heavy atom. The van der Waals surface area contributed by atoms with Crippen LogP contribution < -0.4 is 5.32 Å². The van der Waals surface area contributed by atoms with Gasteiger partial charge in [0.1, 0.15) is 5.52 Å². The largest absolute Gasteiger partial charge is 0.438 e. The number of nitrogens with one attached hydrogen (secondary N) is 1. The first-order valence-electron chi connectivity index (χ1n) is 4.41. The van der Waals surface area contributed by atoms with Crippen molar-refractivity contribution >= 4 is 27.0 Å². The molecule has 0 saturated carbocycles. The number of benzene rings is 1. The highest BCUT2D eigenvalue weighted by Crippen LogP contribution is 2.26. The maximum atomic E-state index is 5.57. The van der Waals surface area contributed by atoms with Crippen LogP contribution in [0.25, 0.3) is 11.1 Å². The molecule has 1 N–H and O–H groups in total. The van der Waals surface area contributed by atoms with Crippen LogP contribution in [-0.4, -0.2) is 12.0 Å². The average molecular weight is 255 g/mol. The van der Waals surface area contributed by atoms with Gasteiger partial charge in [0.25, 0.3) is 0 Å². The van der Waals surface area contributed by atoms with Gasteiger partial charge < -0.3 is 9.73 Å². The van der Waals surface area contributed by atoms with Crippen molar-refractivity contribution in [3.63, 3.8) is 0 Å². The molecule has 74 valence electrons. The van der Waals surface area contributed by atoms with Crippen LogP contribution in [0.3, 0.4) is 0 Å². The Morgan fingerprint density at radius 2 is 2.29 bits per heavy atom. The van der Waals surface area contributed by atoms with Crippen molar-refractivity contribution in [1.29, 1.82) is 0 Å². The highest BCUT2D eigenvalue weighted by atomic mass is 79.9. The van der Waals surface area contributed by atoms with E-state index in [4.69, 9.17) is 4.42 Å². The van der Waals surface area contributed by atoms with E-state index in [-0.39, 0.29) is 0 Å². The molecule has 0 saturated heterocycles. The smallest absolute Gasteiger partial charge is 0.209 e. The molecule has 1 aromatic carbocycles. The van der Waals surface area contributed by atoms with Crippen molar-refractivity contribution in [1.82, 2.24) is 10.3 Å². The van der Waals surface area contributed by atoms with Crippen LogP contribution in [0, 0.1) is 6.92 Å². The van der Waals surface area contributed by atoms with Crippen LogP contribution in [0.5, 0.6) is 0 Å². The summed E-state index contributed by atoms with van der Waals surface area (Å²) in [7, 11) is 1.87. The van der Waals surface area contributed by atoms with Gasteiger partial charge in [0.2, 0.25) is 5.89 Å². The van der Waals surface area contributed by atoms with Crippen molar-refractivity contribution in [3.05, 3.63) is 28.1 Å². The van der Waals surface area contributed by atoms with E-state index < -0.39 is 0 Å². The quantitative estimate of drug-likeness (QED) is 0.896. The molecule has 2 aromatic rings. The van der Waals surface area contributed by atoms with E-state index in [1.165, 1.54) is 5.56 Å². The van der Waals surface area contributed by atoms with Gasteiger partial charge >= 0.3 is 0 Å². The van der Waals surface area contributed by atoms with E-state index >= 15 is 0 Å². The lowest BCUT2D eigenvalue weighted by Crippen LogP contribution is -2.04. The number of halogens is 1. The van der Waals surface area contributed by atoms with Gasteiger partial charge in [-0.1, -0.05) is 0 Å². The number of aryl methyl sites for hydroxylation is 1. The Hall–Kier alpha value is -0.870. The lowest BCUT2D eigenvalue weighted by Gasteiger charge is -1.93. The zero-order valence-electron chi connectivity index (χ0n) is 8.10. The second-order valence-corrected chi connectivity index (χ2v) is 4.09. The van der Waals surface area contributed by atoms with Crippen LogP contribution in [0.2, 0.25) is 0 Å². The number of oxazole rings is 1. The number of nitrogens with zero attached hydrogens (tertiary/aromatic N) is 1. The van der Waals surface area contributed by atoms with E-state index in [2.05, 4.69) is 26.2 Å². The SMILES string of the molecule is CNCc1nc2cc(C)cc(Br)c2o1. The zero-order chi connectivity index (χ0) is 10.1. The fourth-order valence-corrected chi connectivity index (χ4v) is 2.04. The first-order chi connectivity index (χ1) is 6.70. The standard InChI is InChI=1S/C10H11BrN2O/c1-6-3-7(11)10-8(4-6)13-9(14-10)5-12-2/h3-4,12H,5H2,1-2H3. The third-order valence-corrected chi connectivity index (χ3v) is 2.55. The first-order valence-corrected chi connectivity index (χ1v) is 5.20. The summed E-state index contributed by atoms with van der Waals surface area (Å²) in [6.07, 6.45) is 0. The molecule has 0 amide bonds. The summed E-state index contributed by atoms with van der Waals surface area (Å²) in [5, 5.41) is 3.01. The number of rotatable bonds is 2. The van der Waals surface area contributed by atoms with Crippen molar-refractivity contribution < 1.29 is 4.42 Å². The molecular formula is C10H11BrN2O. The maximum absolute atomic E-state index is 5.57. The van der Waals surface area contributed by atoms with Crippen LogP contribution in [0.1, 0.15) is 11.5 Å². The topological polar surface area (TPSA) is 38.1 Å². The monoisotopic (exact) mass is 254 g/mol. The van der Waals surface area contributed by atoms with Gasteiger partial charge in [-0.3, -0.25) is 0 Å². The Labute approximate surface area is 90.6 Å². The van der Waals surface area contributed by atoms with Gasteiger partial charge in [0.15, 0.2) is 5.58 Å². The maximum Gasteiger partial charge on any atom is 0.209 e. The van der Waals surface area contributed by atoms with E-state index in [9.17, 15) is 0 Å². The minimum Gasteiger partial charge on any atom is -0.438 e. The van der Waals surface area contributed by atoms with Gasteiger partial charge in [0.05, 0.1) is 11.0 Å². The minimum absolute atomic E-state index is 0.653. The van der Waals surface area contributed by atoms with Gasteiger partial charge in [-0.15, -0.1) is 0 Å². The number of hydrogen-bond donors (Lipinski definition) is 1. The molecule has 0 aliphatic heterocycles. The second-order valence-electron chi connectivity index (χ2n) is 3.23. The van der Waals surface area contributed by atoms with E-state index in [0.29, 0.717) is 12.4 Å². The van der Waals surface area contributed by atoms with Gasteiger partial charge in [-0.2, -0.15) is 0 Å². The molecule has 0 bridgehead atoms. The molecule has 0 atom stereocenters. The van der Waals surface area contributed by atoms with Crippen molar-refractivity contribution in [2.75, 3.05) is 7.05 Å². The number of hydrogen-bond acceptors (Lipinski definition) is 3. The Bertz CT molecular complexity index is 464. The van der Waals surface area contributed by atoms with Gasteiger partial charge in [0, 0.05) is 0 Å². The third-order valence-electron chi connectivity index (χ3n) is 1.96. The predicted octanol–water partition coefficient (Wildman–Crippen LogP) is 2.62. The molecule has 14 heavy (non-hydrogen) atoms. The third kappa shape index (κ3) is 1.67. The number of fused-ring (bicyclic) bond motifs is 1. The van der Waals surface area contributed by atoms with Crippen LogP contribution >= 0.6 is 15.9 Å². The Morgan fingerprint density at radius 3 is 3.00 bits per heavy atom. The lowest BCUT2D eigenvalue weighted by molar-refractivity contribution is 0.510. The zero-order valence-corrected chi connectivity index (χ0v) is 9.68. The molecule has 0 aliphatic rings. The normalized spacial score (nSPS) is 11.1. The van der Waals surface area contributed by atoms with E-state index in [1.807, 2.05) is 26.1 Å². The molecular weight excluding hydrogens is 244 g/mol. The van der Waals surface area contributed by atoms with Crippen molar-refractivity contribution in [2.45, 2.75) is 13.5 Å². The summed E-state index contributed by atoms with van der Waals surface area (Å²) in [6.45, 7) is 2.69. The summed E-state index contributed by atoms with van der Waals surface area (Å²) in [5.74, 6) is 0.716. The fraction of sp³-hybridized carbons (Fsp3) is 0.300. The molecule has 4 heteroatoms. The Balaban J connectivity index is 2.58. The van der Waals surface area contributed by atoms with Crippen LogP contribution in [-0.2, 0) is 6.54 Å². The summed E-state index contributed by atoms with van der Waals surface area (Å²) >= 11 is 3.46. The molecule has 0 radical (unpaired) electrons. The van der Waals surface area contributed by atoms with Crippen LogP contribution in [0.4, 0.5) is 0 Å². The van der Waals surface area contributed by atoms with Crippen LogP contribution in [0.15, 0.2) is 21.0 Å². The molecule has 2 rings (SSSR count). The average Bonchev–Trinajstić information content (AvgIpc) is 2.48. The summed E-state index contributed by atoms with van der Waals surface area (Å²) < 4.78 is 6.53. The van der Waals surface area contributed by atoms with Crippen molar-refractivity contribution in [3.8, 4) is 0 Å². The molecule has 1 aromatic heterocycles. The first kappa shape index (κ1) is 9.68. The lowest BCUT2D eigenvalue weighted by atomic mass is 10.2. The highest BCUT2D eigenvalue weighted by molar-refractivity contribution is 9.10. The Kier molecular flexibility index (Phi) is 2.56. The summed E-state index contributed by atoms with van der Waals surface area (Å²) in [5.41, 5.74) is 2.90. The second kappa shape index (κ2) is 3.71. The van der Waals surface area contributed by atoms with Gasteiger partial charge in [-0.25, -0.2) is 4.98 Å². The molecule has 0 fully saturated rings. The molecule has 0 unspecified atom stereocenters. The molecule has 0 aliphatic carbocycles. The fourth-order valence-electron chi connectivity index (χ4n) is 1.40. The van der Waals surface area contributed by atoms with E-state index in [1.54, 1.807) is 0 Å². The molecule has 0 spiro atoms. The molecule has 3 nitrogen and oxygen atoms in total. The van der Waals surface area contributed by atoms with Gasteiger partial charge in [-0.05, 0) is 47.6 Å². The predicted molar refractivity (Wildman–Crippen MR) is 59.2 cm³/mol. The van der Waals surface area contributed by atoms with Crippen molar-refractivity contribution in [2.24, 2.45) is 0 Å². The minimum atomic E-state index is 0.653. The van der Waals surface area contributed by atoms with E-state index in [0.717, 1.165) is 15.6 Å². The molecule has 1 heterocycles. The summed E-state index contributed by atoms with van der Waals surface area (Å²) in [4.78, 5) is 4.36. The summed E-state index contributed by atoms with van der Waals surface area (Å²) in [6, 6.07) is 4.04. The highest BCUT2D eigenvalue weighted by Gasteiger charge is 2.08. The number of aromatic nitrogens is 1.